The molecule has 0 bridgehead atoms. The number of nitrogens with one attached hydrogen (secondary N) is 1. The third-order valence-electron chi connectivity index (χ3n) is 3.34. The van der Waals surface area contributed by atoms with Gasteiger partial charge in [-0.3, -0.25) is 0 Å². The normalized spacial score (nSPS) is 12.0. The Kier molecular flexibility index (Phi) is 4.54. The van der Waals surface area contributed by atoms with Crippen molar-refractivity contribution in [2.75, 3.05) is 0 Å². The molecular weight excluding hydrogens is 296 g/mol. The number of hydrogen-bond donors (Lipinski definition) is 2. The van der Waals surface area contributed by atoms with Crippen LogP contribution in [0.25, 0.3) is 0 Å². The fourth-order valence-corrected chi connectivity index (χ4v) is 2.16. The van der Waals surface area contributed by atoms with Gasteiger partial charge in [-0.05, 0) is 23.3 Å². The number of aliphatic hydroxyl groups excluding tert-OH is 1. The number of aliphatic hydroxyl groups is 1. The number of H-pyrrole nitrogens is 1. The lowest BCUT2D eigenvalue weighted by Crippen LogP contribution is -2.02. The van der Waals surface area contributed by atoms with Gasteiger partial charge in [0.25, 0.3) is 0 Å². The molecule has 3 rings (SSSR count). The van der Waals surface area contributed by atoms with E-state index in [2.05, 4.69) is 10.2 Å². The fourth-order valence-electron chi connectivity index (χ4n) is 2.16. The van der Waals surface area contributed by atoms with E-state index in [1.54, 1.807) is 0 Å². The van der Waals surface area contributed by atoms with Crippen molar-refractivity contribution in [2.45, 2.75) is 19.1 Å². The highest BCUT2D eigenvalue weighted by Gasteiger charge is 2.14. The number of hydrogen-bond acceptors (Lipinski definition) is 5. The van der Waals surface area contributed by atoms with E-state index in [9.17, 15) is 9.90 Å². The number of benzene rings is 2. The monoisotopic (exact) mass is 312 g/mol. The lowest BCUT2D eigenvalue weighted by atomic mass is 10.1. The summed E-state index contributed by atoms with van der Waals surface area (Å²) >= 11 is 0. The van der Waals surface area contributed by atoms with Crippen LogP contribution in [0.2, 0.25) is 0 Å². The zero-order chi connectivity index (χ0) is 16.1. The van der Waals surface area contributed by atoms with E-state index in [1.807, 2.05) is 54.6 Å². The van der Waals surface area contributed by atoms with Crippen molar-refractivity contribution in [2.24, 2.45) is 0 Å². The molecule has 6 heteroatoms. The van der Waals surface area contributed by atoms with Crippen LogP contribution in [-0.2, 0) is 13.0 Å². The minimum atomic E-state index is -0.968. The molecule has 2 aromatic carbocycles. The predicted octanol–water partition coefficient (Wildman–Crippen LogP) is 2.22. The van der Waals surface area contributed by atoms with Gasteiger partial charge < -0.3 is 14.3 Å². The molecule has 0 aliphatic rings. The van der Waals surface area contributed by atoms with Crippen LogP contribution in [0.5, 0.6) is 5.75 Å². The van der Waals surface area contributed by atoms with Gasteiger partial charge in [0.1, 0.15) is 18.5 Å². The predicted molar refractivity (Wildman–Crippen MR) is 83.0 cm³/mol. The number of ether oxygens (including phenoxy) is 1. The summed E-state index contributed by atoms with van der Waals surface area (Å²) in [6.07, 6.45) is -0.669. The number of nitrogens with zero attached hydrogens (tertiary/aromatic N) is 1. The number of rotatable bonds is 6. The Bertz CT molecular complexity index is 793. The van der Waals surface area contributed by atoms with Gasteiger partial charge in [-0.1, -0.05) is 42.5 Å². The Morgan fingerprint density at radius 1 is 1.09 bits per heavy atom. The fraction of sp³-hybridized carbons (Fsp3) is 0.176. The summed E-state index contributed by atoms with van der Waals surface area (Å²) in [7, 11) is 0. The van der Waals surface area contributed by atoms with E-state index >= 15 is 0 Å². The first-order valence-corrected chi connectivity index (χ1v) is 7.20. The summed E-state index contributed by atoms with van der Waals surface area (Å²) < 4.78 is 10.4. The van der Waals surface area contributed by atoms with Crippen molar-refractivity contribution >= 4 is 0 Å². The van der Waals surface area contributed by atoms with Crippen LogP contribution >= 0.6 is 0 Å². The maximum Gasteiger partial charge on any atom is 0.434 e. The second-order valence-electron chi connectivity index (χ2n) is 5.09. The number of aromatic nitrogens is 2. The molecular formula is C17H16N2O4. The standard InChI is InChI=1S/C17H16N2O4/c20-15(16-18-19-17(21)23-16)10-12-6-8-14(9-7-12)22-11-13-4-2-1-3-5-13/h1-9,15,20H,10-11H2,(H,19,21). The van der Waals surface area contributed by atoms with Gasteiger partial charge in [0.15, 0.2) is 0 Å². The van der Waals surface area contributed by atoms with Gasteiger partial charge in [0.2, 0.25) is 5.89 Å². The van der Waals surface area contributed by atoms with E-state index in [4.69, 9.17) is 9.15 Å². The van der Waals surface area contributed by atoms with Crippen molar-refractivity contribution in [1.82, 2.24) is 10.2 Å². The van der Waals surface area contributed by atoms with Crippen molar-refractivity contribution < 1.29 is 14.3 Å². The van der Waals surface area contributed by atoms with Crippen molar-refractivity contribution in [3.8, 4) is 5.75 Å². The Morgan fingerprint density at radius 3 is 2.48 bits per heavy atom. The molecule has 0 aliphatic heterocycles. The van der Waals surface area contributed by atoms with Crippen molar-refractivity contribution in [3.05, 3.63) is 82.2 Å². The lowest BCUT2D eigenvalue weighted by Gasteiger charge is -2.09. The summed E-state index contributed by atoms with van der Waals surface area (Å²) in [6.45, 7) is 0.501. The highest BCUT2D eigenvalue weighted by atomic mass is 16.5. The molecule has 0 saturated carbocycles. The Morgan fingerprint density at radius 2 is 1.83 bits per heavy atom. The molecule has 118 valence electrons. The SMILES string of the molecule is O=c1[nH]nc(C(O)Cc2ccc(OCc3ccccc3)cc2)o1. The summed E-state index contributed by atoms with van der Waals surface area (Å²) in [5, 5.41) is 15.7. The van der Waals surface area contributed by atoms with Gasteiger partial charge in [0, 0.05) is 6.42 Å². The second-order valence-corrected chi connectivity index (χ2v) is 5.09. The number of aromatic amines is 1. The molecule has 1 heterocycles. The Balaban J connectivity index is 1.57. The molecule has 6 nitrogen and oxygen atoms in total. The molecule has 0 saturated heterocycles. The van der Waals surface area contributed by atoms with Crippen molar-refractivity contribution in [1.29, 1.82) is 0 Å². The van der Waals surface area contributed by atoms with Gasteiger partial charge in [-0.2, -0.15) is 0 Å². The third-order valence-corrected chi connectivity index (χ3v) is 3.34. The van der Waals surface area contributed by atoms with Crippen LogP contribution in [0, 0.1) is 0 Å². The van der Waals surface area contributed by atoms with Gasteiger partial charge >= 0.3 is 5.76 Å². The molecule has 3 aromatic rings. The first kappa shape index (κ1) is 15.1. The third kappa shape index (κ3) is 4.08. The van der Waals surface area contributed by atoms with Crippen LogP contribution in [0.4, 0.5) is 0 Å². The van der Waals surface area contributed by atoms with Crippen LogP contribution in [0.1, 0.15) is 23.1 Å². The molecule has 0 amide bonds. The highest BCUT2D eigenvalue weighted by molar-refractivity contribution is 5.28. The van der Waals surface area contributed by atoms with Crippen LogP contribution in [-0.4, -0.2) is 15.3 Å². The van der Waals surface area contributed by atoms with E-state index in [1.165, 1.54) is 0 Å². The van der Waals surface area contributed by atoms with E-state index in [0.29, 0.717) is 13.0 Å². The smallest absolute Gasteiger partial charge is 0.434 e. The molecule has 1 atom stereocenters. The average Bonchev–Trinajstić information content (AvgIpc) is 3.02. The molecule has 1 unspecified atom stereocenters. The van der Waals surface area contributed by atoms with Crippen molar-refractivity contribution in [3.63, 3.8) is 0 Å². The lowest BCUT2D eigenvalue weighted by molar-refractivity contribution is 0.142. The molecule has 1 aromatic heterocycles. The van der Waals surface area contributed by atoms with Gasteiger partial charge in [-0.15, -0.1) is 5.10 Å². The summed E-state index contributed by atoms with van der Waals surface area (Å²) in [5.74, 6) is 0.0570. The van der Waals surface area contributed by atoms with Gasteiger partial charge in [-0.25, -0.2) is 9.89 Å². The second kappa shape index (κ2) is 6.93. The van der Waals surface area contributed by atoms with Crippen LogP contribution in [0.15, 0.2) is 63.8 Å². The Hall–Kier alpha value is -2.86. The summed E-state index contributed by atoms with van der Waals surface area (Å²) in [6, 6.07) is 17.3. The largest absolute Gasteiger partial charge is 0.489 e. The molecule has 2 N–H and O–H groups in total. The molecule has 0 aliphatic carbocycles. The molecule has 0 fully saturated rings. The van der Waals surface area contributed by atoms with Crippen LogP contribution < -0.4 is 10.5 Å². The highest BCUT2D eigenvalue weighted by Crippen LogP contribution is 2.19. The molecule has 23 heavy (non-hydrogen) atoms. The molecule has 0 spiro atoms. The average molecular weight is 312 g/mol. The first-order valence-electron chi connectivity index (χ1n) is 7.20. The topological polar surface area (TPSA) is 88.4 Å². The minimum Gasteiger partial charge on any atom is -0.489 e. The Labute approximate surface area is 132 Å². The first-order chi connectivity index (χ1) is 11.2. The van der Waals surface area contributed by atoms with Gasteiger partial charge in [0.05, 0.1) is 0 Å². The maximum absolute atomic E-state index is 10.9. The summed E-state index contributed by atoms with van der Waals surface area (Å²) in [4.78, 5) is 10.9. The zero-order valence-corrected chi connectivity index (χ0v) is 12.3. The minimum absolute atomic E-state index is 0.0144. The quantitative estimate of drug-likeness (QED) is 0.728. The van der Waals surface area contributed by atoms with E-state index in [0.717, 1.165) is 16.9 Å². The van der Waals surface area contributed by atoms with E-state index < -0.39 is 11.9 Å². The zero-order valence-electron chi connectivity index (χ0n) is 12.3. The van der Waals surface area contributed by atoms with E-state index in [-0.39, 0.29) is 5.89 Å². The summed E-state index contributed by atoms with van der Waals surface area (Å²) in [5.41, 5.74) is 1.98. The molecule has 0 radical (unpaired) electrons. The van der Waals surface area contributed by atoms with Crippen LogP contribution in [0.3, 0.4) is 0 Å². The maximum atomic E-state index is 10.9.